The Hall–Kier alpha value is -4.24. The lowest BCUT2D eigenvalue weighted by atomic mass is 10.0. The summed E-state index contributed by atoms with van der Waals surface area (Å²) in [4.78, 5) is 34.1. The molecular weight excluding hydrogens is 534 g/mol. The topological polar surface area (TPSA) is 108 Å². The molecule has 0 amide bonds. The van der Waals surface area contributed by atoms with Gasteiger partial charge in [0.1, 0.15) is 18.0 Å². The van der Waals surface area contributed by atoms with E-state index in [4.69, 9.17) is 19.0 Å². The molecule has 0 aliphatic carbocycles. The first kappa shape index (κ1) is 32.3. The summed E-state index contributed by atoms with van der Waals surface area (Å²) in [5.41, 5.74) is 4.02. The molecular formula is C33H41N3O6. The molecule has 0 aliphatic rings. The number of ether oxygens (including phenoxy) is 3. The minimum atomic E-state index is -0.541. The van der Waals surface area contributed by atoms with E-state index >= 15 is 0 Å². The number of esters is 2. The summed E-state index contributed by atoms with van der Waals surface area (Å²) in [6, 6.07) is 21.0. The van der Waals surface area contributed by atoms with Crippen LogP contribution >= 0.6 is 0 Å². The minimum Gasteiger partial charge on any atom is -0.490 e. The third-order valence-corrected chi connectivity index (χ3v) is 6.01. The fourth-order valence-electron chi connectivity index (χ4n) is 4.04. The van der Waals surface area contributed by atoms with Crippen LogP contribution in [0.3, 0.4) is 0 Å². The SMILES string of the molecule is CCOC(=O)CC(NCCC(=O)OC(C)(C)C)c1ccc(OCCON=C(C)c2ccc(-c3ccccn3)cc2)cc1. The van der Waals surface area contributed by atoms with Crippen molar-refractivity contribution in [3.8, 4) is 17.0 Å². The molecule has 1 N–H and O–H groups in total. The number of pyridine rings is 1. The summed E-state index contributed by atoms with van der Waals surface area (Å²) in [6.07, 6.45) is 2.10. The van der Waals surface area contributed by atoms with E-state index in [1.807, 2.05) is 94.4 Å². The molecule has 1 aromatic heterocycles. The monoisotopic (exact) mass is 575 g/mol. The number of carbonyl (C=O) groups is 2. The van der Waals surface area contributed by atoms with Crippen LogP contribution in [-0.4, -0.2) is 54.6 Å². The average Bonchev–Trinajstić information content (AvgIpc) is 2.96. The Morgan fingerprint density at radius 2 is 1.69 bits per heavy atom. The summed E-state index contributed by atoms with van der Waals surface area (Å²) in [7, 11) is 0. The molecule has 224 valence electrons. The Balaban J connectivity index is 1.47. The maximum Gasteiger partial charge on any atom is 0.307 e. The lowest BCUT2D eigenvalue weighted by molar-refractivity contribution is -0.154. The van der Waals surface area contributed by atoms with Crippen molar-refractivity contribution >= 4 is 17.7 Å². The molecule has 3 rings (SSSR count). The fourth-order valence-corrected chi connectivity index (χ4v) is 4.04. The van der Waals surface area contributed by atoms with E-state index in [9.17, 15) is 9.59 Å². The van der Waals surface area contributed by atoms with Gasteiger partial charge in [0.15, 0.2) is 6.61 Å². The standard InChI is InChI=1S/C33H41N3O6/c1-6-39-32(38)23-30(35-20-18-31(37)42-33(3,4)5)27-14-16-28(17-15-27)40-21-22-41-36-24(2)25-10-12-26(13-11-25)29-9-7-8-19-34-29/h7-17,19,30,35H,6,18,20-23H2,1-5H3. The molecule has 0 aliphatic heterocycles. The van der Waals surface area contributed by atoms with Gasteiger partial charge in [0, 0.05) is 24.3 Å². The normalized spacial score (nSPS) is 12.4. The van der Waals surface area contributed by atoms with Crippen molar-refractivity contribution in [1.29, 1.82) is 0 Å². The first-order valence-corrected chi connectivity index (χ1v) is 14.2. The van der Waals surface area contributed by atoms with E-state index in [0.717, 1.165) is 28.1 Å². The number of aromatic nitrogens is 1. The summed E-state index contributed by atoms with van der Waals surface area (Å²) in [6.45, 7) is 10.4. The fraction of sp³-hybridized carbons (Fsp3) is 0.394. The van der Waals surface area contributed by atoms with Crippen molar-refractivity contribution in [1.82, 2.24) is 10.3 Å². The average molecular weight is 576 g/mol. The lowest BCUT2D eigenvalue weighted by Crippen LogP contribution is -2.29. The Labute approximate surface area is 248 Å². The molecule has 2 aromatic carbocycles. The van der Waals surface area contributed by atoms with Gasteiger partial charge in [0.05, 0.1) is 30.9 Å². The van der Waals surface area contributed by atoms with Gasteiger partial charge < -0.3 is 24.4 Å². The molecule has 1 heterocycles. The van der Waals surface area contributed by atoms with Gasteiger partial charge in [-0.1, -0.05) is 47.6 Å². The smallest absolute Gasteiger partial charge is 0.307 e. The van der Waals surface area contributed by atoms with Gasteiger partial charge in [0.2, 0.25) is 0 Å². The van der Waals surface area contributed by atoms with Crippen molar-refractivity contribution in [3.05, 3.63) is 84.1 Å². The molecule has 1 unspecified atom stereocenters. The largest absolute Gasteiger partial charge is 0.490 e. The molecule has 0 radical (unpaired) electrons. The van der Waals surface area contributed by atoms with Crippen LogP contribution in [0.15, 0.2) is 78.1 Å². The lowest BCUT2D eigenvalue weighted by Gasteiger charge is -2.21. The Morgan fingerprint density at radius 1 is 0.952 bits per heavy atom. The number of carbonyl (C=O) groups excluding carboxylic acids is 2. The number of oxime groups is 1. The summed E-state index contributed by atoms with van der Waals surface area (Å²) in [5, 5.41) is 7.48. The van der Waals surface area contributed by atoms with Crippen LogP contribution in [0.5, 0.6) is 5.75 Å². The van der Waals surface area contributed by atoms with Crippen molar-refractivity contribution in [2.75, 3.05) is 26.4 Å². The highest BCUT2D eigenvalue weighted by Gasteiger charge is 2.19. The number of benzene rings is 2. The Kier molecular flexibility index (Phi) is 12.5. The highest BCUT2D eigenvalue weighted by Crippen LogP contribution is 2.22. The van der Waals surface area contributed by atoms with E-state index in [1.54, 1.807) is 13.1 Å². The Morgan fingerprint density at radius 3 is 2.33 bits per heavy atom. The molecule has 42 heavy (non-hydrogen) atoms. The van der Waals surface area contributed by atoms with Gasteiger partial charge in [-0.05, 0) is 70.0 Å². The zero-order valence-electron chi connectivity index (χ0n) is 25.1. The van der Waals surface area contributed by atoms with Crippen LogP contribution in [-0.2, 0) is 23.9 Å². The third-order valence-electron chi connectivity index (χ3n) is 6.01. The molecule has 0 spiro atoms. The van der Waals surface area contributed by atoms with E-state index in [0.29, 0.717) is 25.5 Å². The zero-order valence-corrected chi connectivity index (χ0v) is 25.1. The number of nitrogens with zero attached hydrogens (tertiary/aromatic N) is 2. The molecule has 3 aromatic rings. The van der Waals surface area contributed by atoms with Gasteiger partial charge in [-0.2, -0.15) is 0 Å². The van der Waals surface area contributed by atoms with Crippen molar-refractivity contribution < 1.29 is 28.6 Å². The van der Waals surface area contributed by atoms with Gasteiger partial charge in [-0.3, -0.25) is 14.6 Å². The van der Waals surface area contributed by atoms with Gasteiger partial charge in [0.25, 0.3) is 0 Å². The minimum absolute atomic E-state index is 0.138. The second-order valence-corrected chi connectivity index (χ2v) is 10.6. The van der Waals surface area contributed by atoms with Crippen LogP contribution in [0.2, 0.25) is 0 Å². The van der Waals surface area contributed by atoms with E-state index in [-0.39, 0.29) is 37.4 Å². The van der Waals surface area contributed by atoms with Crippen LogP contribution in [0.25, 0.3) is 11.3 Å². The van der Waals surface area contributed by atoms with Crippen molar-refractivity contribution in [3.63, 3.8) is 0 Å². The molecule has 0 saturated carbocycles. The zero-order chi connectivity index (χ0) is 30.4. The van der Waals surface area contributed by atoms with E-state index in [1.165, 1.54) is 0 Å². The first-order valence-electron chi connectivity index (χ1n) is 14.2. The first-order chi connectivity index (χ1) is 20.1. The number of nitrogens with one attached hydrogen (secondary N) is 1. The highest BCUT2D eigenvalue weighted by molar-refractivity contribution is 5.98. The molecule has 0 fully saturated rings. The van der Waals surface area contributed by atoms with Crippen LogP contribution in [0.1, 0.15) is 64.6 Å². The molecule has 1 atom stereocenters. The molecule has 0 saturated heterocycles. The predicted molar refractivity (Wildman–Crippen MR) is 162 cm³/mol. The second-order valence-electron chi connectivity index (χ2n) is 10.6. The highest BCUT2D eigenvalue weighted by atomic mass is 16.6. The van der Waals surface area contributed by atoms with Crippen LogP contribution < -0.4 is 10.1 Å². The van der Waals surface area contributed by atoms with E-state index in [2.05, 4.69) is 15.5 Å². The van der Waals surface area contributed by atoms with Crippen LogP contribution in [0.4, 0.5) is 0 Å². The maximum atomic E-state index is 12.2. The summed E-state index contributed by atoms with van der Waals surface area (Å²) >= 11 is 0. The third kappa shape index (κ3) is 11.3. The summed E-state index contributed by atoms with van der Waals surface area (Å²) < 4.78 is 16.3. The van der Waals surface area contributed by atoms with Gasteiger partial charge in [-0.15, -0.1) is 0 Å². The van der Waals surface area contributed by atoms with Crippen molar-refractivity contribution in [2.24, 2.45) is 5.16 Å². The number of hydrogen-bond donors (Lipinski definition) is 1. The van der Waals surface area contributed by atoms with E-state index < -0.39 is 5.60 Å². The quantitative estimate of drug-likeness (QED) is 0.104. The Bertz CT molecular complexity index is 1290. The van der Waals surface area contributed by atoms with Crippen LogP contribution in [0, 0.1) is 0 Å². The molecule has 0 bridgehead atoms. The number of hydrogen-bond acceptors (Lipinski definition) is 9. The predicted octanol–water partition coefficient (Wildman–Crippen LogP) is 5.88. The molecule has 9 heteroatoms. The summed E-state index contributed by atoms with van der Waals surface area (Å²) in [5.74, 6) is 0.0513. The second kappa shape index (κ2) is 16.3. The van der Waals surface area contributed by atoms with Gasteiger partial charge >= 0.3 is 11.9 Å². The van der Waals surface area contributed by atoms with Gasteiger partial charge in [-0.25, -0.2) is 0 Å². The molecule has 9 nitrogen and oxygen atoms in total. The maximum absolute atomic E-state index is 12.2. The number of rotatable bonds is 15. The van der Waals surface area contributed by atoms with Crippen molar-refractivity contribution in [2.45, 2.75) is 59.1 Å².